The van der Waals surface area contributed by atoms with Crippen LogP contribution in [0.4, 0.5) is 46.9 Å². The molecule has 3 saturated heterocycles. The van der Waals surface area contributed by atoms with Crippen LogP contribution in [0, 0.1) is 17.7 Å². The third-order valence-electron chi connectivity index (χ3n) is 13.3. The smallest absolute Gasteiger partial charge is 0.329 e. The Bertz CT molecular complexity index is 2670. The number of hydrogen-bond acceptors (Lipinski definition) is 11. The van der Waals surface area contributed by atoms with Gasteiger partial charge in [0.05, 0.1) is 34.6 Å². The van der Waals surface area contributed by atoms with Crippen LogP contribution < -0.4 is 36.0 Å². The summed E-state index contributed by atoms with van der Waals surface area (Å²) in [6.45, 7) is 3.87. The summed E-state index contributed by atoms with van der Waals surface area (Å²) >= 11 is 6.56. The minimum absolute atomic E-state index is 0.00259. The number of carbonyl (C=O) groups excluding carboxylic acids is 2. The molecule has 15 nitrogen and oxygen atoms in total. The van der Waals surface area contributed by atoms with Crippen molar-refractivity contribution in [2.75, 3.05) is 66.3 Å². The molecule has 3 amide bonds. The van der Waals surface area contributed by atoms with Crippen LogP contribution in [0.3, 0.4) is 0 Å². The molecule has 5 aliphatic rings. The first-order valence-corrected chi connectivity index (χ1v) is 21.7. The molecule has 1 atom stereocenters. The van der Waals surface area contributed by atoms with Crippen LogP contribution in [-0.4, -0.2) is 99.0 Å². The largest absolute Gasteiger partial charge is 0.480 e. The predicted octanol–water partition coefficient (Wildman–Crippen LogP) is 6.51. The first-order valence-electron chi connectivity index (χ1n) is 21.3. The Balaban J connectivity index is 0.774. The second-order valence-electron chi connectivity index (χ2n) is 17.4. The molecule has 4 aliphatic heterocycles. The maximum Gasteiger partial charge on any atom is 0.329 e. The van der Waals surface area contributed by atoms with Gasteiger partial charge in [-0.1, -0.05) is 17.7 Å². The molecule has 1 saturated carbocycles. The van der Waals surface area contributed by atoms with Crippen molar-refractivity contribution in [1.29, 1.82) is 0 Å². The van der Waals surface area contributed by atoms with Crippen LogP contribution in [0.1, 0.15) is 56.4 Å². The number of imide groups is 1. The first-order chi connectivity index (χ1) is 29.8. The Kier molecular flexibility index (Phi) is 10.2. The molecule has 0 bridgehead atoms. The van der Waals surface area contributed by atoms with Gasteiger partial charge in [0.2, 0.25) is 17.6 Å². The zero-order valence-corrected chi connectivity index (χ0v) is 35.2. The molecule has 10 rings (SSSR count). The standard InChI is InChI=1S/C43H47ClF3N11O4/c1-54-32-19-30(45)31(18-28(32)35-36(40(54)60)62-22-43(46,47)37(51-35)25-3-4-25)49-38-29(44)20-48-41(52-38)57-14-7-23(8-15-57)21-56-12-9-24(10-13-56)26-5-6-27-33(17-26)55(2)53-39(27)58-16-11-34(59)50-42(58)61/h5-6,17-20,23-25,37,51H,3-4,7-16,21-22H2,1-2H3,(H,48,49,52)(H,50,59,61). The highest BCUT2D eigenvalue weighted by molar-refractivity contribution is 6.33. The molecule has 3 N–H and O–H groups in total. The monoisotopic (exact) mass is 873 g/mol. The fourth-order valence-electron chi connectivity index (χ4n) is 9.65. The van der Waals surface area contributed by atoms with Crippen LogP contribution >= 0.6 is 11.6 Å². The van der Waals surface area contributed by atoms with Crippen molar-refractivity contribution in [2.45, 2.75) is 62.8 Å². The van der Waals surface area contributed by atoms with Gasteiger partial charge in [0, 0.05) is 63.5 Å². The number of likely N-dealkylation sites (tertiary alicyclic amines) is 1. The summed E-state index contributed by atoms with van der Waals surface area (Å²) in [5, 5.41) is 14.4. The summed E-state index contributed by atoms with van der Waals surface area (Å²) in [6.07, 6.45) is 7.00. The van der Waals surface area contributed by atoms with E-state index in [1.165, 1.54) is 40.4 Å². The zero-order valence-electron chi connectivity index (χ0n) is 34.4. The average molecular weight is 874 g/mol. The normalized spacial score (nSPS) is 21.4. The van der Waals surface area contributed by atoms with E-state index in [0.29, 0.717) is 48.4 Å². The molecule has 0 spiro atoms. The van der Waals surface area contributed by atoms with Crippen LogP contribution in [0.5, 0.6) is 5.75 Å². The van der Waals surface area contributed by atoms with E-state index in [4.69, 9.17) is 21.3 Å². The number of fused-ring (bicyclic) bond motifs is 4. The summed E-state index contributed by atoms with van der Waals surface area (Å²) in [5.41, 5.74) is 1.93. The molecule has 2 aromatic carbocycles. The van der Waals surface area contributed by atoms with Crippen molar-refractivity contribution in [3.05, 3.63) is 63.3 Å². The SMILES string of the molecule is Cn1nc(N2CCC(=O)NC2=O)c2ccc(C3CCN(CC4CCN(c5ncc(Cl)c(Nc6cc7c8c(c(=O)n(C)c7cc6F)OCC(F)(F)C(C6CC6)N8)n5)CC4)CC3)cc21. The predicted molar refractivity (Wildman–Crippen MR) is 230 cm³/mol. The number of nitrogens with one attached hydrogen (secondary N) is 3. The molecule has 3 aromatic heterocycles. The number of urea groups is 1. The van der Waals surface area contributed by atoms with E-state index in [2.05, 4.69) is 48.0 Å². The van der Waals surface area contributed by atoms with Gasteiger partial charge in [-0.05, 0) is 93.1 Å². The molecule has 1 aliphatic carbocycles. The number of amides is 3. The fraction of sp³-hybridized carbons (Fsp3) is 0.488. The van der Waals surface area contributed by atoms with Gasteiger partial charge >= 0.3 is 12.0 Å². The van der Waals surface area contributed by atoms with Gasteiger partial charge in [0.25, 0.3) is 5.56 Å². The molecular formula is C43H47ClF3N11O4. The average Bonchev–Trinajstić information content (AvgIpc) is 4.06. The maximum absolute atomic E-state index is 15.8. The molecule has 4 fully saturated rings. The van der Waals surface area contributed by atoms with E-state index >= 15 is 13.2 Å². The van der Waals surface area contributed by atoms with E-state index in [0.717, 1.165) is 69.3 Å². The van der Waals surface area contributed by atoms with Crippen LogP contribution in [-0.2, 0) is 18.9 Å². The zero-order chi connectivity index (χ0) is 43.0. The number of hydrogen-bond donors (Lipinski definition) is 3. The number of aromatic nitrogens is 5. The lowest BCUT2D eigenvalue weighted by molar-refractivity contribution is -0.120. The molecule has 326 valence electrons. The molecule has 19 heteroatoms. The molecule has 62 heavy (non-hydrogen) atoms. The van der Waals surface area contributed by atoms with E-state index in [1.807, 2.05) is 13.1 Å². The number of piperidine rings is 2. The van der Waals surface area contributed by atoms with Crippen molar-refractivity contribution in [3.63, 3.8) is 0 Å². The molecular weight excluding hydrogens is 827 g/mol. The fourth-order valence-corrected chi connectivity index (χ4v) is 9.78. The number of ether oxygens (including phenoxy) is 1. The molecule has 0 radical (unpaired) electrons. The number of rotatable bonds is 8. The quantitative estimate of drug-likeness (QED) is 0.156. The maximum atomic E-state index is 15.8. The lowest BCUT2D eigenvalue weighted by Gasteiger charge is -2.38. The lowest BCUT2D eigenvalue weighted by Crippen LogP contribution is -2.49. The minimum Gasteiger partial charge on any atom is -0.480 e. The third-order valence-corrected chi connectivity index (χ3v) is 13.6. The number of nitrogens with zero attached hydrogens (tertiary/aromatic N) is 8. The van der Waals surface area contributed by atoms with E-state index in [1.54, 1.807) is 4.68 Å². The van der Waals surface area contributed by atoms with Crippen molar-refractivity contribution in [3.8, 4) is 5.75 Å². The van der Waals surface area contributed by atoms with Crippen molar-refractivity contribution >= 4 is 74.3 Å². The number of benzene rings is 2. The third kappa shape index (κ3) is 7.43. The van der Waals surface area contributed by atoms with Gasteiger partial charge in [-0.3, -0.25) is 24.5 Å². The molecule has 7 heterocycles. The number of halogens is 4. The molecule has 5 aromatic rings. The Labute approximate surface area is 359 Å². The van der Waals surface area contributed by atoms with Gasteiger partial charge in [-0.25, -0.2) is 22.9 Å². The van der Waals surface area contributed by atoms with E-state index in [9.17, 15) is 14.4 Å². The Morgan fingerprint density at radius 2 is 1.73 bits per heavy atom. The van der Waals surface area contributed by atoms with Gasteiger partial charge in [0.1, 0.15) is 10.8 Å². The highest BCUT2D eigenvalue weighted by Crippen LogP contribution is 2.46. The highest BCUT2D eigenvalue weighted by Gasteiger charge is 2.51. The topological polar surface area (TPSA) is 155 Å². The summed E-state index contributed by atoms with van der Waals surface area (Å²) in [5.74, 6) is -2.50. The molecule has 1 unspecified atom stereocenters. The van der Waals surface area contributed by atoms with E-state index in [-0.39, 0.29) is 51.7 Å². The summed E-state index contributed by atoms with van der Waals surface area (Å²) in [6, 6.07) is 7.38. The van der Waals surface area contributed by atoms with Crippen LogP contribution in [0.15, 0.2) is 41.3 Å². The summed E-state index contributed by atoms with van der Waals surface area (Å²) in [4.78, 5) is 52.8. The number of aryl methyl sites for hydroxylation is 2. The van der Waals surface area contributed by atoms with Crippen LogP contribution in [0.25, 0.3) is 21.8 Å². The van der Waals surface area contributed by atoms with Crippen molar-refractivity contribution in [2.24, 2.45) is 25.9 Å². The van der Waals surface area contributed by atoms with Gasteiger partial charge in [-0.2, -0.15) is 10.1 Å². The summed E-state index contributed by atoms with van der Waals surface area (Å²) in [7, 11) is 3.33. The van der Waals surface area contributed by atoms with Crippen molar-refractivity contribution in [1.82, 2.24) is 34.5 Å². The van der Waals surface area contributed by atoms with Gasteiger partial charge < -0.3 is 29.7 Å². The van der Waals surface area contributed by atoms with E-state index < -0.39 is 36.0 Å². The lowest BCUT2D eigenvalue weighted by atomic mass is 9.88. The van der Waals surface area contributed by atoms with Gasteiger partial charge in [-0.15, -0.1) is 0 Å². The Hall–Kier alpha value is -5.62. The number of pyridine rings is 1. The minimum atomic E-state index is -3.21. The second kappa shape index (κ2) is 15.6. The van der Waals surface area contributed by atoms with Gasteiger partial charge in [0.15, 0.2) is 18.2 Å². The van der Waals surface area contributed by atoms with Crippen molar-refractivity contribution < 1.29 is 27.5 Å². The first kappa shape index (κ1) is 40.5. The summed E-state index contributed by atoms with van der Waals surface area (Å²) < 4.78 is 54.6. The Morgan fingerprint density at radius 1 is 0.952 bits per heavy atom. The number of anilines is 5. The number of carbonyl (C=O) groups is 2. The van der Waals surface area contributed by atoms with Crippen LogP contribution in [0.2, 0.25) is 5.02 Å². The second-order valence-corrected chi connectivity index (χ2v) is 17.8. The number of alkyl halides is 2. The Morgan fingerprint density at radius 3 is 2.47 bits per heavy atom. The highest BCUT2D eigenvalue weighted by atomic mass is 35.5.